The number of likely N-dealkylation sites (tertiary alicyclic amines) is 1. The smallest absolute Gasteiger partial charge is 0.126 e. The maximum atomic E-state index is 13.6. The second-order valence-corrected chi connectivity index (χ2v) is 4.91. The molecule has 1 saturated heterocycles. The number of benzene rings is 1. The fourth-order valence-electron chi connectivity index (χ4n) is 2.53. The van der Waals surface area contributed by atoms with E-state index in [2.05, 4.69) is 4.90 Å². The molecule has 3 heteroatoms. The van der Waals surface area contributed by atoms with Crippen LogP contribution in [0, 0.1) is 11.2 Å². The van der Waals surface area contributed by atoms with Gasteiger partial charge in [-0.15, -0.1) is 0 Å². The Morgan fingerprint density at radius 3 is 2.75 bits per heavy atom. The van der Waals surface area contributed by atoms with E-state index >= 15 is 0 Å². The van der Waals surface area contributed by atoms with Crippen molar-refractivity contribution in [3.8, 4) is 0 Å². The maximum Gasteiger partial charge on any atom is 0.126 e. The molecule has 0 bridgehead atoms. The third kappa shape index (κ3) is 2.25. The zero-order chi connectivity index (χ0) is 11.6. The summed E-state index contributed by atoms with van der Waals surface area (Å²) in [4.78, 5) is 2.19. The van der Waals surface area contributed by atoms with E-state index in [1.54, 1.807) is 6.07 Å². The monoisotopic (exact) mass is 223 g/mol. The zero-order valence-electron chi connectivity index (χ0n) is 9.62. The quantitative estimate of drug-likeness (QED) is 0.842. The van der Waals surface area contributed by atoms with E-state index in [0.29, 0.717) is 12.0 Å². The van der Waals surface area contributed by atoms with Crippen molar-refractivity contribution in [1.82, 2.24) is 4.90 Å². The summed E-state index contributed by atoms with van der Waals surface area (Å²) in [6.07, 6.45) is 1.56. The molecular weight excluding hydrogens is 205 g/mol. The van der Waals surface area contributed by atoms with Gasteiger partial charge in [0.05, 0.1) is 6.61 Å². The molecular formula is C13H18FNO. The van der Waals surface area contributed by atoms with E-state index < -0.39 is 0 Å². The van der Waals surface area contributed by atoms with Crippen molar-refractivity contribution in [3.63, 3.8) is 0 Å². The molecule has 0 radical (unpaired) electrons. The van der Waals surface area contributed by atoms with Gasteiger partial charge in [-0.3, -0.25) is 0 Å². The van der Waals surface area contributed by atoms with Crippen LogP contribution in [0.1, 0.15) is 12.0 Å². The SMILES string of the molecule is CN1CCC(CO)(Cc2ccccc2F)C1. The van der Waals surface area contributed by atoms with Gasteiger partial charge in [0.2, 0.25) is 0 Å². The number of aliphatic hydroxyl groups excluding tert-OH is 1. The lowest BCUT2D eigenvalue weighted by molar-refractivity contribution is 0.131. The molecule has 1 aliphatic rings. The van der Waals surface area contributed by atoms with Crippen LogP contribution in [0.25, 0.3) is 0 Å². The van der Waals surface area contributed by atoms with Gasteiger partial charge in [0, 0.05) is 12.0 Å². The first-order valence-electron chi connectivity index (χ1n) is 5.68. The molecule has 1 unspecified atom stereocenters. The van der Waals surface area contributed by atoms with Crippen LogP contribution in [0.5, 0.6) is 0 Å². The molecule has 88 valence electrons. The molecule has 0 amide bonds. The highest BCUT2D eigenvalue weighted by Gasteiger charge is 2.36. The Labute approximate surface area is 95.7 Å². The summed E-state index contributed by atoms with van der Waals surface area (Å²) >= 11 is 0. The second-order valence-electron chi connectivity index (χ2n) is 4.91. The molecule has 2 nitrogen and oxygen atoms in total. The molecule has 1 aromatic rings. The summed E-state index contributed by atoms with van der Waals surface area (Å²) in [6.45, 7) is 1.96. The number of nitrogens with zero attached hydrogens (tertiary/aromatic N) is 1. The maximum absolute atomic E-state index is 13.6. The van der Waals surface area contributed by atoms with Crippen molar-refractivity contribution in [2.75, 3.05) is 26.7 Å². The average Bonchev–Trinajstić information content (AvgIpc) is 2.65. The molecule has 0 saturated carbocycles. The number of halogens is 1. The minimum Gasteiger partial charge on any atom is -0.396 e. The second kappa shape index (κ2) is 4.52. The largest absolute Gasteiger partial charge is 0.396 e. The molecule has 0 aromatic heterocycles. The first-order valence-corrected chi connectivity index (χ1v) is 5.68. The van der Waals surface area contributed by atoms with Gasteiger partial charge in [-0.2, -0.15) is 0 Å². The Morgan fingerprint density at radius 1 is 1.44 bits per heavy atom. The summed E-state index contributed by atoms with van der Waals surface area (Å²) in [5.41, 5.74) is 0.559. The predicted octanol–water partition coefficient (Wildman–Crippen LogP) is 1.68. The number of aliphatic hydroxyl groups is 1. The highest BCUT2D eigenvalue weighted by Crippen LogP contribution is 2.33. The lowest BCUT2D eigenvalue weighted by atomic mass is 9.81. The Hall–Kier alpha value is -0.930. The van der Waals surface area contributed by atoms with Gasteiger partial charge in [-0.25, -0.2) is 4.39 Å². The van der Waals surface area contributed by atoms with Crippen LogP contribution in [-0.4, -0.2) is 36.8 Å². The third-order valence-corrected chi connectivity index (χ3v) is 3.49. The van der Waals surface area contributed by atoms with Crippen LogP contribution in [-0.2, 0) is 6.42 Å². The van der Waals surface area contributed by atoms with Crippen molar-refractivity contribution in [2.24, 2.45) is 5.41 Å². The molecule has 0 aliphatic carbocycles. The van der Waals surface area contributed by atoms with Crippen molar-refractivity contribution >= 4 is 0 Å². The highest BCUT2D eigenvalue weighted by molar-refractivity contribution is 5.19. The van der Waals surface area contributed by atoms with Crippen molar-refractivity contribution in [1.29, 1.82) is 0 Å². The fraction of sp³-hybridized carbons (Fsp3) is 0.538. The molecule has 1 heterocycles. The van der Waals surface area contributed by atoms with Gasteiger partial charge >= 0.3 is 0 Å². The Morgan fingerprint density at radius 2 is 2.19 bits per heavy atom. The summed E-state index contributed by atoms with van der Waals surface area (Å²) in [5, 5.41) is 9.54. The van der Waals surface area contributed by atoms with Crippen LogP contribution in [0.4, 0.5) is 4.39 Å². The molecule has 1 atom stereocenters. The molecule has 1 aromatic carbocycles. The highest BCUT2D eigenvalue weighted by atomic mass is 19.1. The summed E-state index contributed by atoms with van der Waals surface area (Å²) in [5.74, 6) is -0.162. The average molecular weight is 223 g/mol. The molecule has 1 aliphatic heterocycles. The summed E-state index contributed by atoms with van der Waals surface area (Å²) in [6, 6.07) is 6.84. The Balaban J connectivity index is 2.16. The lowest BCUT2D eigenvalue weighted by Gasteiger charge is -2.26. The van der Waals surface area contributed by atoms with Gasteiger partial charge in [-0.05, 0) is 38.1 Å². The van der Waals surface area contributed by atoms with Gasteiger partial charge in [0.25, 0.3) is 0 Å². The van der Waals surface area contributed by atoms with E-state index in [-0.39, 0.29) is 17.8 Å². The van der Waals surface area contributed by atoms with Gasteiger partial charge in [0.15, 0.2) is 0 Å². The van der Waals surface area contributed by atoms with Crippen LogP contribution >= 0.6 is 0 Å². The van der Waals surface area contributed by atoms with E-state index in [9.17, 15) is 9.50 Å². The van der Waals surface area contributed by atoms with Gasteiger partial charge in [-0.1, -0.05) is 18.2 Å². The van der Waals surface area contributed by atoms with E-state index in [0.717, 1.165) is 19.5 Å². The van der Waals surface area contributed by atoms with Crippen molar-refractivity contribution in [3.05, 3.63) is 35.6 Å². The summed E-state index contributed by atoms with van der Waals surface area (Å²) < 4.78 is 13.6. The van der Waals surface area contributed by atoms with Crippen LogP contribution in [0.2, 0.25) is 0 Å². The molecule has 1 fully saturated rings. The number of rotatable bonds is 3. The number of hydrogen-bond donors (Lipinski definition) is 1. The third-order valence-electron chi connectivity index (χ3n) is 3.49. The Kier molecular flexibility index (Phi) is 3.26. The molecule has 0 spiro atoms. The van der Waals surface area contributed by atoms with Crippen molar-refractivity contribution in [2.45, 2.75) is 12.8 Å². The molecule has 2 rings (SSSR count). The first-order chi connectivity index (χ1) is 7.65. The first kappa shape index (κ1) is 11.6. The van der Waals surface area contributed by atoms with E-state index in [1.165, 1.54) is 6.07 Å². The van der Waals surface area contributed by atoms with Crippen LogP contribution in [0.3, 0.4) is 0 Å². The topological polar surface area (TPSA) is 23.5 Å². The zero-order valence-corrected chi connectivity index (χ0v) is 9.62. The molecule has 16 heavy (non-hydrogen) atoms. The normalized spacial score (nSPS) is 26.2. The van der Waals surface area contributed by atoms with Gasteiger partial charge < -0.3 is 10.0 Å². The van der Waals surface area contributed by atoms with Crippen LogP contribution < -0.4 is 0 Å². The Bertz CT molecular complexity index is 369. The van der Waals surface area contributed by atoms with Crippen molar-refractivity contribution < 1.29 is 9.50 Å². The minimum absolute atomic E-state index is 0.131. The standard InChI is InChI=1S/C13H18FNO/c1-15-7-6-13(9-15,10-16)8-11-4-2-3-5-12(11)14/h2-5,16H,6-10H2,1H3. The van der Waals surface area contributed by atoms with E-state index in [1.807, 2.05) is 19.2 Å². The summed E-state index contributed by atoms with van der Waals surface area (Å²) in [7, 11) is 2.04. The minimum atomic E-state index is -0.162. The number of hydrogen-bond acceptors (Lipinski definition) is 2. The predicted molar refractivity (Wildman–Crippen MR) is 61.7 cm³/mol. The van der Waals surface area contributed by atoms with E-state index in [4.69, 9.17) is 0 Å². The molecule has 1 N–H and O–H groups in total. The lowest BCUT2D eigenvalue weighted by Crippen LogP contribution is -2.31. The van der Waals surface area contributed by atoms with Crippen LogP contribution in [0.15, 0.2) is 24.3 Å². The van der Waals surface area contributed by atoms with Gasteiger partial charge in [0.1, 0.15) is 5.82 Å². The fourth-order valence-corrected chi connectivity index (χ4v) is 2.53.